The van der Waals surface area contributed by atoms with E-state index < -0.39 is 5.91 Å². The Morgan fingerprint density at radius 3 is 2.59 bits per heavy atom. The van der Waals surface area contributed by atoms with Gasteiger partial charge in [-0.1, -0.05) is 45.7 Å². The summed E-state index contributed by atoms with van der Waals surface area (Å²) in [6, 6.07) is 18.8. The smallest absolute Gasteiger partial charge is 0.266 e. The van der Waals surface area contributed by atoms with E-state index in [1.165, 1.54) is 0 Å². The predicted molar refractivity (Wildman–Crippen MR) is 144 cm³/mol. The van der Waals surface area contributed by atoms with E-state index in [1.807, 2.05) is 42.5 Å². The summed E-state index contributed by atoms with van der Waals surface area (Å²) in [6.07, 6.45) is 1.54. The summed E-state index contributed by atoms with van der Waals surface area (Å²) in [6.45, 7) is 2.22. The van der Waals surface area contributed by atoms with Gasteiger partial charge in [-0.05, 0) is 105 Å². The summed E-state index contributed by atoms with van der Waals surface area (Å²) in [4.78, 5) is 12.6. The molecule has 32 heavy (non-hydrogen) atoms. The van der Waals surface area contributed by atoms with Crippen LogP contribution in [0.5, 0.6) is 5.75 Å². The minimum absolute atomic E-state index is 0.0180. The molecule has 0 saturated heterocycles. The van der Waals surface area contributed by atoms with E-state index in [0.29, 0.717) is 28.6 Å². The van der Waals surface area contributed by atoms with Gasteiger partial charge in [0.1, 0.15) is 24.0 Å². The number of nitrogens with one attached hydrogen (secondary N) is 1. The molecule has 0 aliphatic carbocycles. The molecule has 0 atom stereocenters. The van der Waals surface area contributed by atoms with E-state index in [1.54, 1.807) is 31.2 Å². The van der Waals surface area contributed by atoms with Crippen molar-refractivity contribution in [1.29, 1.82) is 5.26 Å². The molecule has 0 aliphatic rings. The molecule has 3 aromatic carbocycles. The summed E-state index contributed by atoms with van der Waals surface area (Å²) in [5.74, 6) is 0.197. The van der Waals surface area contributed by atoms with Crippen molar-refractivity contribution in [2.75, 3.05) is 5.32 Å². The van der Waals surface area contributed by atoms with E-state index in [9.17, 15) is 10.1 Å². The Bertz CT molecular complexity index is 1210. The highest BCUT2D eigenvalue weighted by molar-refractivity contribution is 14.1. The van der Waals surface area contributed by atoms with Crippen LogP contribution in [0.2, 0.25) is 5.02 Å². The number of carbonyl (C=O) groups excluding carboxylic acids is 1. The van der Waals surface area contributed by atoms with Crippen LogP contribution in [0.3, 0.4) is 0 Å². The number of amides is 1. The summed E-state index contributed by atoms with van der Waals surface area (Å²) in [5, 5.41) is 12.8. The summed E-state index contributed by atoms with van der Waals surface area (Å²) in [5.41, 5.74) is 3.03. The van der Waals surface area contributed by atoms with Crippen LogP contribution in [0.4, 0.5) is 5.69 Å². The Kier molecular flexibility index (Phi) is 8.77. The molecule has 0 saturated carbocycles. The molecule has 0 bridgehead atoms. The predicted octanol–water partition coefficient (Wildman–Crippen LogP) is 7.90. The summed E-state index contributed by atoms with van der Waals surface area (Å²) >= 11 is 15.2. The fourth-order valence-electron chi connectivity index (χ4n) is 2.78. The van der Waals surface area contributed by atoms with Crippen molar-refractivity contribution in [3.8, 4) is 11.8 Å². The van der Waals surface area contributed by atoms with Gasteiger partial charge < -0.3 is 10.1 Å². The molecule has 0 heterocycles. The SMILES string of the molecule is Cc1c(Cl)cccc1NC(=O)/C(C#N)=C\c1cc(Br)c(OCc2ccc(Br)cc2)c(I)c1. The largest absolute Gasteiger partial charge is 0.487 e. The fraction of sp³-hybridized carbons (Fsp3) is 0.0833. The zero-order valence-electron chi connectivity index (χ0n) is 16.8. The van der Waals surface area contributed by atoms with Crippen molar-refractivity contribution in [2.45, 2.75) is 13.5 Å². The molecule has 0 radical (unpaired) electrons. The second kappa shape index (κ2) is 11.3. The zero-order valence-corrected chi connectivity index (χ0v) is 22.8. The first-order valence-electron chi connectivity index (χ1n) is 9.33. The van der Waals surface area contributed by atoms with E-state index >= 15 is 0 Å². The number of hydrogen-bond donors (Lipinski definition) is 1. The first kappa shape index (κ1) is 24.8. The van der Waals surface area contributed by atoms with Gasteiger partial charge in [-0.15, -0.1) is 0 Å². The minimum atomic E-state index is -0.500. The third-order valence-electron chi connectivity index (χ3n) is 4.51. The highest BCUT2D eigenvalue weighted by Crippen LogP contribution is 2.33. The molecule has 3 aromatic rings. The lowest BCUT2D eigenvalue weighted by Crippen LogP contribution is -2.14. The molecule has 0 unspecified atom stereocenters. The first-order chi connectivity index (χ1) is 15.3. The number of rotatable bonds is 6. The van der Waals surface area contributed by atoms with Gasteiger partial charge >= 0.3 is 0 Å². The lowest BCUT2D eigenvalue weighted by atomic mass is 10.1. The number of carbonyl (C=O) groups is 1. The third kappa shape index (κ3) is 6.35. The quantitative estimate of drug-likeness (QED) is 0.163. The monoisotopic (exact) mass is 684 g/mol. The minimum Gasteiger partial charge on any atom is -0.487 e. The average molecular weight is 687 g/mol. The van der Waals surface area contributed by atoms with E-state index in [4.69, 9.17) is 16.3 Å². The Morgan fingerprint density at radius 1 is 1.22 bits per heavy atom. The maximum Gasteiger partial charge on any atom is 0.266 e. The van der Waals surface area contributed by atoms with Crippen LogP contribution in [-0.2, 0) is 11.4 Å². The molecule has 0 aromatic heterocycles. The Morgan fingerprint density at radius 2 is 1.94 bits per heavy atom. The number of hydrogen-bond acceptors (Lipinski definition) is 3. The maximum atomic E-state index is 12.6. The van der Waals surface area contributed by atoms with Crippen LogP contribution in [0.1, 0.15) is 16.7 Å². The zero-order chi connectivity index (χ0) is 23.3. The number of anilines is 1. The summed E-state index contributed by atoms with van der Waals surface area (Å²) in [7, 11) is 0. The number of benzene rings is 3. The molecule has 4 nitrogen and oxygen atoms in total. The van der Waals surface area contributed by atoms with E-state index in [0.717, 1.165) is 23.6 Å². The number of halogens is 4. The Balaban J connectivity index is 1.78. The number of nitrogens with zero attached hydrogens (tertiary/aromatic N) is 1. The Labute approximate surface area is 222 Å². The van der Waals surface area contributed by atoms with Crippen molar-refractivity contribution in [3.05, 3.63) is 94.4 Å². The molecule has 0 aliphatic heterocycles. The lowest BCUT2D eigenvalue weighted by Gasteiger charge is -2.12. The van der Waals surface area contributed by atoms with Crippen LogP contribution in [0.15, 0.2) is 69.1 Å². The van der Waals surface area contributed by atoms with Crippen molar-refractivity contribution >= 4 is 83.7 Å². The van der Waals surface area contributed by atoms with Gasteiger partial charge in [-0.3, -0.25) is 4.79 Å². The van der Waals surface area contributed by atoms with Crippen molar-refractivity contribution in [1.82, 2.24) is 0 Å². The van der Waals surface area contributed by atoms with Crippen molar-refractivity contribution in [2.24, 2.45) is 0 Å². The lowest BCUT2D eigenvalue weighted by molar-refractivity contribution is -0.112. The summed E-state index contributed by atoms with van der Waals surface area (Å²) < 4.78 is 8.58. The van der Waals surface area contributed by atoms with Crippen LogP contribution < -0.4 is 10.1 Å². The first-order valence-corrected chi connectivity index (χ1v) is 12.4. The van der Waals surface area contributed by atoms with Crippen LogP contribution >= 0.6 is 66.1 Å². The molecular weight excluding hydrogens is 670 g/mol. The van der Waals surface area contributed by atoms with Gasteiger partial charge in [0.05, 0.1) is 8.04 Å². The van der Waals surface area contributed by atoms with Crippen LogP contribution in [0.25, 0.3) is 6.08 Å². The van der Waals surface area contributed by atoms with Crippen LogP contribution in [-0.4, -0.2) is 5.91 Å². The van der Waals surface area contributed by atoms with Crippen molar-refractivity contribution in [3.63, 3.8) is 0 Å². The Hall–Kier alpha value is -1.86. The molecule has 1 amide bonds. The average Bonchev–Trinajstić information content (AvgIpc) is 2.76. The van der Waals surface area contributed by atoms with E-state index in [2.05, 4.69) is 59.8 Å². The third-order valence-corrected chi connectivity index (χ3v) is 6.84. The van der Waals surface area contributed by atoms with Crippen molar-refractivity contribution < 1.29 is 9.53 Å². The molecule has 1 N–H and O–H groups in total. The van der Waals surface area contributed by atoms with Gasteiger partial charge in [0.2, 0.25) is 0 Å². The van der Waals surface area contributed by atoms with Gasteiger partial charge in [0.25, 0.3) is 5.91 Å². The van der Waals surface area contributed by atoms with Gasteiger partial charge in [-0.25, -0.2) is 0 Å². The molecule has 0 fully saturated rings. The standard InChI is InChI=1S/C24H16Br2ClIN2O2/c1-14-20(27)3-2-4-22(14)30-24(31)17(12-29)9-16-10-19(26)23(21(28)11-16)32-13-15-5-7-18(25)8-6-15/h2-11H,13H2,1H3,(H,30,31)/b17-9-. The maximum absolute atomic E-state index is 12.6. The molecule has 8 heteroatoms. The second-order valence-electron chi connectivity index (χ2n) is 6.77. The highest BCUT2D eigenvalue weighted by Gasteiger charge is 2.14. The highest BCUT2D eigenvalue weighted by atomic mass is 127. The molecule has 162 valence electrons. The topological polar surface area (TPSA) is 62.1 Å². The molecule has 0 spiro atoms. The fourth-order valence-corrected chi connectivity index (χ4v) is 4.99. The number of nitriles is 1. The molecular formula is C24H16Br2ClIN2O2. The molecule has 3 rings (SSSR count). The number of ether oxygens (including phenoxy) is 1. The van der Waals surface area contributed by atoms with Gasteiger partial charge in [0.15, 0.2) is 0 Å². The van der Waals surface area contributed by atoms with Gasteiger partial charge in [-0.2, -0.15) is 5.26 Å². The van der Waals surface area contributed by atoms with Gasteiger partial charge in [0, 0.05) is 15.2 Å². The van der Waals surface area contributed by atoms with E-state index in [-0.39, 0.29) is 5.57 Å². The second-order valence-corrected chi connectivity index (χ2v) is 10.1. The van der Waals surface area contributed by atoms with Crippen LogP contribution in [0, 0.1) is 21.8 Å². The normalized spacial score (nSPS) is 11.1.